The number of hydrogen-bond acceptors (Lipinski definition) is 5. The summed E-state index contributed by atoms with van der Waals surface area (Å²) in [5.74, 6) is 1.73. The summed E-state index contributed by atoms with van der Waals surface area (Å²) in [7, 11) is 0. The predicted octanol–water partition coefficient (Wildman–Crippen LogP) is 4.06. The van der Waals surface area contributed by atoms with Crippen LogP contribution in [-0.2, 0) is 11.2 Å². The molecular formula is C17H25N3O2S. The maximum Gasteiger partial charge on any atom is 0.227 e. The zero-order chi connectivity index (χ0) is 16.5. The van der Waals surface area contributed by atoms with Crippen LogP contribution in [0.25, 0.3) is 11.4 Å². The summed E-state index contributed by atoms with van der Waals surface area (Å²) in [6.45, 7) is 5.14. The summed E-state index contributed by atoms with van der Waals surface area (Å²) in [4.78, 5) is 16.3. The van der Waals surface area contributed by atoms with Crippen LogP contribution in [0, 0.1) is 5.92 Å². The van der Waals surface area contributed by atoms with Crippen molar-refractivity contribution in [2.75, 3.05) is 6.54 Å². The first kappa shape index (κ1) is 17.7. The van der Waals surface area contributed by atoms with Crippen molar-refractivity contribution in [3.8, 4) is 11.4 Å². The van der Waals surface area contributed by atoms with E-state index in [0.717, 1.165) is 18.5 Å². The van der Waals surface area contributed by atoms with Gasteiger partial charge in [0.15, 0.2) is 0 Å². The number of carbonyl (C=O) groups is 1. The second-order valence-corrected chi connectivity index (χ2v) is 6.52. The van der Waals surface area contributed by atoms with Crippen LogP contribution in [0.3, 0.4) is 0 Å². The van der Waals surface area contributed by atoms with Gasteiger partial charge >= 0.3 is 0 Å². The van der Waals surface area contributed by atoms with Gasteiger partial charge in [0.05, 0.1) is 0 Å². The first-order valence-electron chi connectivity index (χ1n) is 8.34. The third-order valence-electron chi connectivity index (χ3n) is 3.94. The molecule has 1 amide bonds. The maximum absolute atomic E-state index is 11.9. The van der Waals surface area contributed by atoms with Crippen molar-refractivity contribution in [3.05, 3.63) is 22.7 Å². The molecule has 126 valence electrons. The van der Waals surface area contributed by atoms with Crippen molar-refractivity contribution in [3.63, 3.8) is 0 Å². The van der Waals surface area contributed by atoms with Gasteiger partial charge in [-0.1, -0.05) is 38.3 Å². The second kappa shape index (κ2) is 9.45. The first-order valence-corrected chi connectivity index (χ1v) is 9.29. The van der Waals surface area contributed by atoms with Crippen molar-refractivity contribution in [2.45, 2.75) is 52.4 Å². The van der Waals surface area contributed by atoms with Crippen LogP contribution < -0.4 is 5.32 Å². The molecule has 0 aliphatic heterocycles. The molecule has 1 atom stereocenters. The fourth-order valence-corrected chi connectivity index (χ4v) is 3.01. The number of unbranched alkanes of at least 4 members (excludes halogenated alkanes) is 1. The summed E-state index contributed by atoms with van der Waals surface area (Å²) in [5.41, 5.74) is 0.955. The highest BCUT2D eigenvalue weighted by Gasteiger charge is 2.12. The van der Waals surface area contributed by atoms with Gasteiger partial charge in [0.2, 0.25) is 17.6 Å². The Balaban J connectivity index is 1.72. The van der Waals surface area contributed by atoms with E-state index in [1.165, 1.54) is 19.3 Å². The van der Waals surface area contributed by atoms with E-state index < -0.39 is 0 Å². The molecule has 1 unspecified atom stereocenters. The number of aromatic nitrogens is 2. The van der Waals surface area contributed by atoms with Gasteiger partial charge < -0.3 is 9.84 Å². The van der Waals surface area contributed by atoms with Crippen LogP contribution in [0.15, 0.2) is 21.3 Å². The molecule has 0 aliphatic carbocycles. The molecule has 2 heterocycles. The molecule has 0 bridgehead atoms. The monoisotopic (exact) mass is 335 g/mol. The molecule has 2 aromatic heterocycles. The Kier molecular flexibility index (Phi) is 7.26. The second-order valence-electron chi connectivity index (χ2n) is 5.74. The van der Waals surface area contributed by atoms with Crippen molar-refractivity contribution >= 4 is 17.2 Å². The lowest BCUT2D eigenvalue weighted by Gasteiger charge is -2.14. The van der Waals surface area contributed by atoms with E-state index >= 15 is 0 Å². The Morgan fingerprint density at radius 1 is 1.43 bits per heavy atom. The zero-order valence-corrected chi connectivity index (χ0v) is 14.7. The number of aryl methyl sites for hydroxylation is 1. The summed E-state index contributed by atoms with van der Waals surface area (Å²) in [5, 5.41) is 10.9. The molecule has 5 nitrogen and oxygen atoms in total. The molecule has 0 spiro atoms. The number of hydrogen-bond donors (Lipinski definition) is 1. The Morgan fingerprint density at radius 3 is 3.00 bits per heavy atom. The van der Waals surface area contributed by atoms with E-state index in [1.54, 1.807) is 11.3 Å². The van der Waals surface area contributed by atoms with E-state index in [0.29, 0.717) is 30.5 Å². The Labute approximate surface area is 141 Å². The molecule has 2 aromatic rings. The molecular weight excluding hydrogens is 310 g/mol. The van der Waals surface area contributed by atoms with E-state index in [9.17, 15) is 4.79 Å². The van der Waals surface area contributed by atoms with Crippen molar-refractivity contribution in [1.29, 1.82) is 0 Å². The molecule has 0 aromatic carbocycles. The first-order chi connectivity index (χ1) is 11.2. The van der Waals surface area contributed by atoms with Gasteiger partial charge in [0.1, 0.15) is 0 Å². The predicted molar refractivity (Wildman–Crippen MR) is 92.2 cm³/mol. The lowest BCUT2D eigenvalue weighted by Crippen LogP contribution is -2.29. The fourth-order valence-electron chi connectivity index (χ4n) is 2.38. The van der Waals surface area contributed by atoms with Crippen molar-refractivity contribution in [2.24, 2.45) is 5.92 Å². The topological polar surface area (TPSA) is 68.0 Å². The highest BCUT2D eigenvalue weighted by molar-refractivity contribution is 7.08. The van der Waals surface area contributed by atoms with Crippen molar-refractivity contribution < 1.29 is 9.32 Å². The van der Waals surface area contributed by atoms with Crippen LogP contribution in [0.4, 0.5) is 0 Å². The zero-order valence-electron chi connectivity index (χ0n) is 13.9. The number of rotatable bonds is 10. The summed E-state index contributed by atoms with van der Waals surface area (Å²) in [6.07, 6.45) is 5.58. The summed E-state index contributed by atoms with van der Waals surface area (Å²) in [6, 6.07) is 1.95. The summed E-state index contributed by atoms with van der Waals surface area (Å²) >= 11 is 1.59. The molecule has 6 heteroatoms. The fraction of sp³-hybridized carbons (Fsp3) is 0.588. The lowest BCUT2D eigenvalue weighted by molar-refractivity contribution is -0.121. The minimum Gasteiger partial charge on any atom is -0.356 e. The maximum atomic E-state index is 11.9. The van der Waals surface area contributed by atoms with Crippen LogP contribution in [0.2, 0.25) is 0 Å². The third-order valence-corrected chi connectivity index (χ3v) is 4.63. The molecule has 0 saturated heterocycles. The molecule has 1 N–H and O–H groups in total. The molecule has 23 heavy (non-hydrogen) atoms. The average Bonchev–Trinajstić information content (AvgIpc) is 3.24. The standard InChI is InChI=1S/C17H25N3O2S/c1-3-5-6-13(4-2)11-18-15(21)7-8-16-19-17(20-22-16)14-9-10-23-12-14/h9-10,12-13H,3-8,11H2,1-2H3,(H,18,21). The molecule has 0 radical (unpaired) electrons. The van der Waals surface area contributed by atoms with Crippen LogP contribution in [0.1, 0.15) is 51.8 Å². The van der Waals surface area contributed by atoms with E-state index in [2.05, 4.69) is 29.3 Å². The minimum absolute atomic E-state index is 0.0511. The van der Waals surface area contributed by atoms with Gasteiger partial charge in [0.25, 0.3) is 0 Å². The number of nitrogens with one attached hydrogen (secondary N) is 1. The Hall–Kier alpha value is -1.69. The average molecular weight is 335 g/mol. The SMILES string of the molecule is CCCCC(CC)CNC(=O)CCc1nc(-c2ccsc2)no1. The number of thiophene rings is 1. The minimum atomic E-state index is 0.0511. The van der Waals surface area contributed by atoms with Gasteiger partial charge in [-0.2, -0.15) is 16.3 Å². The third kappa shape index (κ3) is 5.78. The Morgan fingerprint density at radius 2 is 2.30 bits per heavy atom. The molecule has 2 rings (SSSR count). The van der Waals surface area contributed by atoms with Gasteiger partial charge in [-0.3, -0.25) is 4.79 Å². The van der Waals surface area contributed by atoms with Gasteiger partial charge in [-0.05, 0) is 23.8 Å². The number of amides is 1. The number of nitrogens with zero attached hydrogens (tertiary/aromatic N) is 2. The van der Waals surface area contributed by atoms with Gasteiger partial charge in [0, 0.05) is 30.3 Å². The molecule has 0 fully saturated rings. The van der Waals surface area contributed by atoms with Gasteiger partial charge in [-0.15, -0.1) is 0 Å². The molecule has 0 aliphatic rings. The normalized spacial score (nSPS) is 12.3. The van der Waals surface area contributed by atoms with Crippen LogP contribution in [0.5, 0.6) is 0 Å². The molecule has 0 saturated carbocycles. The van der Waals surface area contributed by atoms with Crippen LogP contribution in [-0.4, -0.2) is 22.6 Å². The highest BCUT2D eigenvalue weighted by atomic mass is 32.1. The quantitative estimate of drug-likeness (QED) is 0.711. The number of carbonyl (C=O) groups excluding carboxylic acids is 1. The Bertz CT molecular complexity index is 580. The van der Waals surface area contributed by atoms with Crippen LogP contribution >= 0.6 is 11.3 Å². The van der Waals surface area contributed by atoms with E-state index in [4.69, 9.17) is 4.52 Å². The smallest absolute Gasteiger partial charge is 0.227 e. The van der Waals surface area contributed by atoms with Crippen molar-refractivity contribution in [1.82, 2.24) is 15.5 Å². The largest absolute Gasteiger partial charge is 0.356 e. The van der Waals surface area contributed by atoms with E-state index in [-0.39, 0.29) is 5.91 Å². The highest BCUT2D eigenvalue weighted by Crippen LogP contribution is 2.19. The van der Waals surface area contributed by atoms with Gasteiger partial charge in [-0.25, -0.2) is 0 Å². The lowest BCUT2D eigenvalue weighted by atomic mass is 9.99. The summed E-state index contributed by atoms with van der Waals surface area (Å²) < 4.78 is 5.20. The van der Waals surface area contributed by atoms with E-state index in [1.807, 2.05) is 16.8 Å².